The highest BCUT2D eigenvalue weighted by Crippen LogP contribution is 2.28. The number of nitrogen functional groups attached to an aromatic ring is 1. The van der Waals surface area contributed by atoms with Gasteiger partial charge in [-0.3, -0.25) is 0 Å². The van der Waals surface area contributed by atoms with Gasteiger partial charge in [-0.2, -0.15) is 0 Å². The van der Waals surface area contributed by atoms with E-state index in [4.69, 9.17) is 10.5 Å². The minimum absolute atomic E-state index is 0.815. The monoisotopic (exact) mass is 279 g/mol. The third-order valence-corrected chi connectivity index (χ3v) is 3.76. The quantitative estimate of drug-likeness (QED) is 0.706. The molecule has 1 aromatic carbocycles. The molecule has 0 atom stereocenters. The molecule has 0 heterocycles. The zero-order chi connectivity index (χ0) is 15.0. The Morgan fingerprint density at radius 3 is 2.30 bits per heavy atom. The molecule has 0 aliphatic carbocycles. The highest BCUT2D eigenvalue weighted by atomic mass is 16.5. The lowest BCUT2D eigenvalue weighted by Gasteiger charge is -2.26. The molecule has 4 heteroatoms. The molecule has 0 aromatic heterocycles. The van der Waals surface area contributed by atoms with E-state index in [1.807, 2.05) is 18.2 Å². The van der Waals surface area contributed by atoms with Gasteiger partial charge in [0.1, 0.15) is 5.75 Å². The molecule has 0 spiro atoms. The van der Waals surface area contributed by atoms with Gasteiger partial charge in [0.05, 0.1) is 18.5 Å². The van der Waals surface area contributed by atoms with Gasteiger partial charge in [-0.05, 0) is 45.1 Å². The standard InChI is InChI=1S/C16H29N3O/c1-5-18(6-2)11-8-12-19(7-3)16-13-14(20-4)9-10-15(16)17/h9-10,13H,5-8,11-12,17H2,1-4H3. The van der Waals surface area contributed by atoms with Crippen LogP contribution in [0.5, 0.6) is 5.75 Å². The lowest BCUT2D eigenvalue weighted by atomic mass is 10.2. The Morgan fingerprint density at radius 1 is 1.05 bits per heavy atom. The Hall–Kier alpha value is -1.42. The first-order valence-electron chi connectivity index (χ1n) is 7.57. The van der Waals surface area contributed by atoms with Crippen molar-refractivity contribution >= 4 is 11.4 Å². The van der Waals surface area contributed by atoms with E-state index in [-0.39, 0.29) is 0 Å². The first-order valence-corrected chi connectivity index (χ1v) is 7.57. The maximum atomic E-state index is 6.10. The molecule has 0 aliphatic rings. The number of ether oxygens (including phenoxy) is 1. The molecule has 0 fully saturated rings. The third kappa shape index (κ3) is 4.60. The second kappa shape index (κ2) is 8.69. The van der Waals surface area contributed by atoms with Crippen molar-refractivity contribution in [1.29, 1.82) is 0 Å². The van der Waals surface area contributed by atoms with Gasteiger partial charge in [0.2, 0.25) is 0 Å². The summed E-state index contributed by atoms with van der Waals surface area (Å²) in [6.45, 7) is 11.9. The van der Waals surface area contributed by atoms with Crippen LogP contribution in [0.2, 0.25) is 0 Å². The predicted octanol–water partition coefficient (Wildman–Crippen LogP) is 2.84. The smallest absolute Gasteiger partial charge is 0.121 e. The lowest BCUT2D eigenvalue weighted by Crippen LogP contribution is -2.30. The summed E-state index contributed by atoms with van der Waals surface area (Å²) in [5, 5.41) is 0. The minimum Gasteiger partial charge on any atom is -0.497 e. The molecular formula is C16H29N3O. The molecule has 4 nitrogen and oxygen atoms in total. The van der Waals surface area contributed by atoms with E-state index in [1.54, 1.807) is 7.11 Å². The number of hydrogen-bond donors (Lipinski definition) is 1. The first kappa shape index (κ1) is 16.6. The van der Waals surface area contributed by atoms with Gasteiger partial charge in [0.25, 0.3) is 0 Å². The van der Waals surface area contributed by atoms with Gasteiger partial charge in [-0.15, -0.1) is 0 Å². The highest BCUT2D eigenvalue weighted by Gasteiger charge is 2.10. The second-order valence-corrected chi connectivity index (χ2v) is 4.88. The molecule has 0 unspecified atom stereocenters. The summed E-state index contributed by atoms with van der Waals surface area (Å²) in [6.07, 6.45) is 1.15. The summed E-state index contributed by atoms with van der Waals surface area (Å²) in [6, 6.07) is 5.85. The third-order valence-electron chi connectivity index (χ3n) is 3.76. The molecule has 20 heavy (non-hydrogen) atoms. The fraction of sp³-hybridized carbons (Fsp3) is 0.625. The maximum Gasteiger partial charge on any atom is 0.121 e. The number of benzene rings is 1. The summed E-state index contributed by atoms with van der Waals surface area (Å²) >= 11 is 0. The summed E-state index contributed by atoms with van der Waals surface area (Å²) < 4.78 is 5.29. The molecule has 0 saturated carbocycles. The molecule has 1 aromatic rings. The zero-order valence-electron chi connectivity index (χ0n) is 13.4. The van der Waals surface area contributed by atoms with Crippen molar-refractivity contribution in [2.24, 2.45) is 0 Å². The number of nitrogens with zero attached hydrogens (tertiary/aromatic N) is 2. The fourth-order valence-corrected chi connectivity index (χ4v) is 2.40. The molecule has 0 amide bonds. The number of methoxy groups -OCH3 is 1. The van der Waals surface area contributed by atoms with Gasteiger partial charge in [0.15, 0.2) is 0 Å². The SMILES string of the molecule is CCN(CC)CCCN(CC)c1cc(OC)ccc1N. The Morgan fingerprint density at radius 2 is 1.75 bits per heavy atom. The van der Waals surface area contributed by atoms with E-state index in [9.17, 15) is 0 Å². The van der Waals surface area contributed by atoms with Crippen LogP contribution in [0.3, 0.4) is 0 Å². The normalized spacial score (nSPS) is 10.8. The van der Waals surface area contributed by atoms with Gasteiger partial charge in [0, 0.05) is 19.2 Å². The van der Waals surface area contributed by atoms with Crippen LogP contribution in [0.4, 0.5) is 11.4 Å². The van der Waals surface area contributed by atoms with Crippen LogP contribution in [-0.4, -0.2) is 44.7 Å². The average Bonchev–Trinajstić information content (AvgIpc) is 2.49. The maximum absolute atomic E-state index is 6.10. The van der Waals surface area contributed by atoms with Crippen LogP contribution in [0.25, 0.3) is 0 Å². The van der Waals surface area contributed by atoms with Gasteiger partial charge >= 0.3 is 0 Å². The summed E-state index contributed by atoms with van der Waals surface area (Å²) in [5.74, 6) is 0.858. The van der Waals surface area contributed by atoms with Crippen molar-refractivity contribution in [2.45, 2.75) is 27.2 Å². The Bertz CT molecular complexity index is 391. The van der Waals surface area contributed by atoms with Gasteiger partial charge in [-0.25, -0.2) is 0 Å². The van der Waals surface area contributed by atoms with Crippen LogP contribution in [0.1, 0.15) is 27.2 Å². The number of hydrogen-bond acceptors (Lipinski definition) is 4. The number of rotatable bonds is 9. The van der Waals surface area contributed by atoms with Crippen molar-refractivity contribution in [3.05, 3.63) is 18.2 Å². The Kier molecular flexibility index (Phi) is 7.23. The van der Waals surface area contributed by atoms with E-state index >= 15 is 0 Å². The molecule has 2 N–H and O–H groups in total. The van der Waals surface area contributed by atoms with Crippen molar-refractivity contribution < 1.29 is 4.74 Å². The van der Waals surface area contributed by atoms with E-state index in [1.165, 1.54) is 0 Å². The number of anilines is 2. The molecule has 114 valence electrons. The minimum atomic E-state index is 0.815. The van der Waals surface area contributed by atoms with E-state index < -0.39 is 0 Å². The van der Waals surface area contributed by atoms with Crippen LogP contribution in [-0.2, 0) is 0 Å². The van der Waals surface area contributed by atoms with Crippen molar-refractivity contribution in [3.8, 4) is 5.75 Å². The zero-order valence-corrected chi connectivity index (χ0v) is 13.4. The molecule has 0 radical (unpaired) electrons. The first-order chi connectivity index (χ1) is 9.65. The number of nitrogens with two attached hydrogens (primary N) is 1. The van der Waals surface area contributed by atoms with Crippen LogP contribution in [0, 0.1) is 0 Å². The summed E-state index contributed by atoms with van der Waals surface area (Å²) in [4.78, 5) is 4.77. The van der Waals surface area contributed by atoms with Crippen molar-refractivity contribution in [1.82, 2.24) is 4.90 Å². The average molecular weight is 279 g/mol. The van der Waals surface area contributed by atoms with Crippen LogP contribution < -0.4 is 15.4 Å². The van der Waals surface area contributed by atoms with E-state index in [2.05, 4.69) is 30.6 Å². The second-order valence-electron chi connectivity index (χ2n) is 4.88. The molecule has 1 rings (SSSR count). The predicted molar refractivity (Wildman–Crippen MR) is 87.7 cm³/mol. The molecule has 0 saturated heterocycles. The molecule has 0 bridgehead atoms. The van der Waals surface area contributed by atoms with Crippen molar-refractivity contribution in [3.63, 3.8) is 0 Å². The topological polar surface area (TPSA) is 41.7 Å². The Balaban J connectivity index is 2.66. The summed E-state index contributed by atoms with van der Waals surface area (Å²) in [5.41, 5.74) is 7.99. The van der Waals surface area contributed by atoms with Crippen LogP contribution in [0.15, 0.2) is 18.2 Å². The lowest BCUT2D eigenvalue weighted by molar-refractivity contribution is 0.301. The Labute approximate surface area is 123 Å². The van der Waals surface area contributed by atoms with Gasteiger partial charge < -0.3 is 20.3 Å². The van der Waals surface area contributed by atoms with E-state index in [0.717, 1.165) is 56.3 Å². The van der Waals surface area contributed by atoms with Crippen LogP contribution >= 0.6 is 0 Å². The largest absolute Gasteiger partial charge is 0.497 e. The molecular weight excluding hydrogens is 250 g/mol. The fourth-order valence-electron chi connectivity index (χ4n) is 2.40. The molecule has 0 aliphatic heterocycles. The van der Waals surface area contributed by atoms with Crippen molar-refractivity contribution in [2.75, 3.05) is 50.5 Å². The highest BCUT2D eigenvalue weighted by molar-refractivity contribution is 5.69. The van der Waals surface area contributed by atoms with E-state index in [0.29, 0.717) is 0 Å². The summed E-state index contributed by atoms with van der Waals surface area (Å²) in [7, 11) is 1.69. The van der Waals surface area contributed by atoms with Gasteiger partial charge in [-0.1, -0.05) is 13.8 Å².